The fraction of sp³-hybridized carbons (Fsp3) is 0. The van der Waals surface area contributed by atoms with Crippen LogP contribution in [0.25, 0.3) is 0 Å². The lowest BCUT2D eigenvalue weighted by molar-refractivity contribution is 0.103. The highest BCUT2D eigenvalue weighted by molar-refractivity contribution is 9.10. The van der Waals surface area contributed by atoms with Gasteiger partial charge in [-0.2, -0.15) is 0 Å². The SMILES string of the molecule is O=C(c1ccccc1)c1ccccc1Oc1ncc(Br)cn1. The molecule has 0 saturated carbocycles. The van der Waals surface area contributed by atoms with Crippen molar-refractivity contribution in [2.75, 3.05) is 0 Å². The third kappa shape index (κ3) is 3.20. The van der Waals surface area contributed by atoms with Crippen LogP contribution in [0.3, 0.4) is 0 Å². The van der Waals surface area contributed by atoms with Crippen molar-refractivity contribution in [3.8, 4) is 11.8 Å². The molecule has 3 aromatic rings. The monoisotopic (exact) mass is 354 g/mol. The summed E-state index contributed by atoms with van der Waals surface area (Å²) in [5.41, 5.74) is 1.08. The second-order valence-electron chi connectivity index (χ2n) is 4.48. The molecule has 0 radical (unpaired) electrons. The Kier molecular flexibility index (Phi) is 4.25. The van der Waals surface area contributed by atoms with Gasteiger partial charge in [0.15, 0.2) is 5.78 Å². The second-order valence-corrected chi connectivity index (χ2v) is 5.39. The van der Waals surface area contributed by atoms with E-state index in [1.165, 1.54) is 0 Å². The summed E-state index contributed by atoms with van der Waals surface area (Å²) in [6, 6.07) is 16.3. The maximum Gasteiger partial charge on any atom is 0.321 e. The van der Waals surface area contributed by atoms with Crippen LogP contribution in [-0.2, 0) is 0 Å². The Labute approximate surface area is 135 Å². The van der Waals surface area contributed by atoms with Crippen LogP contribution in [0.5, 0.6) is 11.8 Å². The van der Waals surface area contributed by atoms with E-state index in [1.807, 2.05) is 18.2 Å². The molecule has 0 fully saturated rings. The number of rotatable bonds is 4. The number of hydrogen-bond donors (Lipinski definition) is 0. The molecule has 0 amide bonds. The van der Waals surface area contributed by atoms with Gasteiger partial charge in [-0.3, -0.25) is 4.79 Å². The molecule has 0 aliphatic rings. The van der Waals surface area contributed by atoms with Crippen molar-refractivity contribution in [2.45, 2.75) is 0 Å². The minimum absolute atomic E-state index is 0.103. The van der Waals surface area contributed by atoms with Gasteiger partial charge in [0.05, 0.1) is 10.0 Å². The summed E-state index contributed by atoms with van der Waals surface area (Å²) in [5.74, 6) is 0.326. The lowest BCUT2D eigenvalue weighted by atomic mass is 10.0. The first kappa shape index (κ1) is 14.4. The van der Waals surface area contributed by atoms with Crippen LogP contribution in [0.1, 0.15) is 15.9 Å². The minimum atomic E-state index is -0.103. The van der Waals surface area contributed by atoms with Gasteiger partial charge in [-0.05, 0) is 28.1 Å². The topological polar surface area (TPSA) is 52.1 Å². The molecule has 108 valence electrons. The molecule has 0 saturated heterocycles. The number of ketones is 1. The number of nitrogens with zero attached hydrogens (tertiary/aromatic N) is 2. The van der Waals surface area contributed by atoms with Crippen molar-refractivity contribution < 1.29 is 9.53 Å². The fourth-order valence-corrected chi connectivity index (χ4v) is 2.14. The number of aromatic nitrogens is 2. The van der Waals surface area contributed by atoms with Crippen molar-refractivity contribution in [1.82, 2.24) is 9.97 Å². The molecule has 1 heterocycles. The first-order chi connectivity index (χ1) is 10.7. The maximum absolute atomic E-state index is 12.6. The third-order valence-electron chi connectivity index (χ3n) is 2.97. The molecule has 0 unspecified atom stereocenters. The van der Waals surface area contributed by atoms with Gasteiger partial charge in [0.1, 0.15) is 5.75 Å². The van der Waals surface area contributed by atoms with Gasteiger partial charge >= 0.3 is 6.01 Å². The second kappa shape index (κ2) is 6.49. The number of benzene rings is 2. The van der Waals surface area contributed by atoms with Gasteiger partial charge in [0.25, 0.3) is 0 Å². The van der Waals surface area contributed by atoms with E-state index in [0.29, 0.717) is 16.9 Å². The van der Waals surface area contributed by atoms with E-state index in [1.54, 1.807) is 48.8 Å². The van der Waals surface area contributed by atoms with E-state index in [9.17, 15) is 4.79 Å². The highest BCUT2D eigenvalue weighted by Crippen LogP contribution is 2.25. The Morgan fingerprint density at radius 3 is 2.27 bits per heavy atom. The zero-order valence-electron chi connectivity index (χ0n) is 11.4. The van der Waals surface area contributed by atoms with Crippen molar-refractivity contribution >= 4 is 21.7 Å². The highest BCUT2D eigenvalue weighted by Gasteiger charge is 2.15. The van der Waals surface area contributed by atoms with E-state index >= 15 is 0 Å². The predicted octanol–water partition coefficient (Wildman–Crippen LogP) is 4.26. The van der Waals surface area contributed by atoms with Crippen LogP contribution in [-0.4, -0.2) is 15.8 Å². The Morgan fingerprint density at radius 1 is 0.909 bits per heavy atom. The zero-order chi connectivity index (χ0) is 15.4. The zero-order valence-corrected chi connectivity index (χ0v) is 13.0. The molecule has 0 spiro atoms. The Hall–Kier alpha value is -2.53. The van der Waals surface area contributed by atoms with Gasteiger partial charge in [-0.1, -0.05) is 42.5 Å². The first-order valence-electron chi connectivity index (χ1n) is 6.58. The molecule has 1 aromatic heterocycles. The van der Waals surface area contributed by atoms with E-state index < -0.39 is 0 Å². The van der Waals surface area contributed by atoms with Gasteiger partial charge in [-0.25, -0.2) is 9.97 Å². The number of carbonyl (C=O) groups excluding carboxylic acids is 1. The standard InChI is InChI=1S/C17H11BrN2O2/c18-13-10-19-17(20-11-13)22-15-9-5-4-8-14(15)16(21)12-6-2-1-3-7-12/h1-11H. The van der Waals surface area contributed by atoms with E-state index in [-0.39, 0.29) is 11.8 Å². The average molecular weight is 355 g/mol. The smallest absolute Gasteiger partial charge is 0.321 e. The molecule has 3 rings (SSSR count). The Morgan fingerprint density at radius 2 is 1.55 bits per heavy atom. The Balaban J connectivity index is 1.93. The highest BCUT2D eigenvalue weighted by atomic mass is 79.9. The summed E-state index contributed by atoms with van der Waals surface area (Å²) < 4.78 is 6.40. The van der Waals surface area contributed by atoms with Crippen molar-refractivity contribution in [1.29, 1.82) is 0 Å². The normalized spacial score (nSPS) is 10.2. The molecule has 0 N–H and O–H groups in total. The van der Waals surface area contributed by atoms with Crippen LogP contribution in [0, 0.1) is 0 Å². The maximum atomic E-state index is 12.6. The number of para-hydroxylation sites is 1. The van der Waals surface area contributed by atoms with Crippen LogP contribution in [0.15, 0.2) is 71.5 Å². The summed E-state index contributed by atoms with van der Waals surface area (Å²) in [6.45, 7) is 0. The number of hydrogen-bond acceptors (Lipinski definition) is 4. The Bertz CT molecular complexity index is 789. The van der Waals surface area contributed by atoms with E-state index in [4.69, 9.17) is 4.74 Å². The quantitative estimate of drug-likeness (QED) is 0.656. The first-order valence-corrected chi connectivity index (χ1v) is 7.37. The van der Waals surface area contributed by atoms with Crippen molar-refractivity contribution in [3.63, 3.8) is 0 Å². The van der Waals surface area contributed by atoms with E-state index in [0.717, 1.165) is 4.47 Å². The van der Waals surface area contributed by atoms with E-state index in [2.05, 4.69) is 25.9 Å². The molecule has 2 aromatic carbocycles. The summed E-state index contributed by atoms with van der Waals surface area (Å²) >= 11 is 3.26. The molecular weight excluding hydrogens is 344 g/mol. The number of halogens is 1. The lowest BCUT2D eigenvalue weighted by Gasteiger charge is -2.09. The molecule has 0 atom stereocenters. The van der Waals surface area contributed by atoms with Gasteiger partial charge in [0, 0.05) is 18.0 Å². The van der Waals surface area contributed by atoms with Crippen LogP contribution in [0.2, 0.25) is 0 Å². The largest absolute Gasteiger partial charge is 0.424 e. The summed E-state index contributed by atoms with van der Waals surface area (Å²) in [6.07, 6.45) is 3.17. The number of ether oxygens (including phenoxy) is 1. The molecule has 4 nitrogen and oxygen atoms in total. The predicted molar refractivity (Wildman–Crippen MR) is 86.1 cm³/mol. The molecule has 5 heteroatoms. The summed E-state index contributed by atoms with van der Waals surface area (Å²) in [4.78, 5) is 20.7. The third-order valence-corrected chi connectivity index (χ3v) is 3.38. The van der Waals surface area contributed by atoms with Gasteiger partial charge in [0.2, 0.25) is 0 Å². The van der Waals surface area contributed by atoms with Crippen LogP contribution in [0.4, 0.5) is 0 Å². The minimum Gasteiger partial charge on any atom is -0.424 e. The van der Waals surface area contributed by atoms with Crippen molar-refractivity contribution in [3.05, 3.63) is 82.6 Å². The molecule has 0 aliphatic heterocycles. The van der Waals surface area contributed by atoms with Crippen LogP contribution < -0.4 is 4.74 Å². The average Bonchev–Trinajstić information content (AvgIpc) is 2.58. The molecular formula is C17H11BrN2O2. The molecule has 0 aliphatic carbocycles. The van der Waals surface area contributed by atoms with Crippen molar-refractivity contribution in [2.24, 2.45) is 0 Å². The summed E-state index contributed by atoms with van der Waals surface area (Å²) in [5, 5.41) is 0. The lowest BCUT2D eigenvalue weighted by Crippen LogP contribution is -2.04. The fourth-order valence-electron chi connectivity index (χ4n) is 1.94. The van der Waals surface area contributed by atoms with Gasteiger partial charge in [-0.15, -0.1) is 0 Å². The molecule has 22 heavy (non-hydrogen) atoms. The summed E-state index contributed by atoms with van der Waals surface area (Å²) in [7, 11) is 0. The number of carbonyl (C=O) groups is 1. The molecule has 0 bridgehead atoms. The van der Waals surface area contributed by atoms with Crippen LogP contribution >= 0.6 is 15.9 Å². The van der Waals surface area contributed by atoms with Gasteiger partial charge < -0.3 is 4.74 Å².